The van der Waals surface area contributed by atoms with Crippen molar-refractivity contribution in [1.82, 2.24) is 0 Å². The van der Waals surface area contributed by atoms with Crippen molar-refractivity contribution in [3.05, 3.63) is 5.41 Å². The first kappa shape index (κ1) is 15.7. The molecule has 0 aliphatic heterocycles. The van der Waals surface area contributed by atoms with Gasteiger partial charge in [-0.05, 0) is 0 Å². The van der Waals surface area contributed by atoms with Crippen molar-refractivity contribution in [2.24, 2.45) is 11.5 Å². The second-order valence-corrected chi connectivity index (χ2v) is 0.774. The topological polar surface area (TPSA) is 99.9 Å². The van der Waals surface area contributed by atoms with E-state index in [1.54, 1.807) is 0 Å². The molecule has 0 unspecified atom stereocenters. The van der Waals surface area contributed by atoms with Gasteiger partial charge in [0.2, 0.25) is 0 Å². The Morgan fingerprint density at radius 3 is 1.62 bits per heavy atom. The first-order valence-electron chi connectivity index (χ1n) is 1.29. The minimum absolute atomic E-state index is 0. The Kier molecular flexibility index (Phi) is 30.8. The summed E-state index contributed by atoms with van der Waals surface area (Å²) in [7, 11) is 0. The number of guanidine groups is 1. The molecule has 0 aromatic heterocycles. The van der Waals surface area contributed by atoms with Crippen molar-refractivity contribution >= 4 is 23.3 Å². The van der Waals surface area contributed by atoms with Gasteiger partial charge in [0, 0.05) is 36.9 Å². The molecule has 0 rings (SSSR count). The molecule has 0 heterocycles. The zero-order valence-electron chi connectivity index (χ0n) is 3.85. The molecule has 0 aliphatic carbocycles. The Labute approximate surface area is 81.8 Å². The van der Waals surface area contributed by atoms with Gasteiger partial charge in [-0.25, -0.2) is 0 Å². The Hall–Kier alpha value is 0.304. The standard InChI is InChI=1S/CH5N3.CNS.Lu/c2-1(3)4;2-1-3;/h(H5,2,3,4);;/q;-1;/p+1. The number of isothiocyanates is 1. The number of nitrogens with two attached hydrogens (primary N) is 3. The largest absolute Gasteiger partial charge is 0.753 e. The van der Waals surface area contributed by atoms with E-state index in [1.807, 2.05) is 0 Å². The molecule has 6 heteroatoms. The van der Waals surface area contributed by atoms with E-state index in [0.717, 1.165) is 0 Å². The quantitative estimate of drug-likeness (QED) is 0.265. The fraction of sp³-hybridized carbons (Fsp3) is 0. The van der Waals surface area contributed by atoms with Crippen LogP contribution in [0.2, 0.25) is 0 Å². The van der Waals surface area contributed by atoms with Gasteiger partial charge in [-0.2, -0.15) is 5.16 Å². The van der Waals surface area contributed by atoms with E-state index in [2.05, 4.69) is 29.1 Å². The van der Waals surface area contributed by atoms with Crippen LogP contribution in [0.4, 0.5) is 0 Å². The zero-order chi connectivity index (χ0) is 6.28. The first-order valence-corrected chi connectivity index (χ1v) is 1.70. The van der Waals surface area contributed by atoms with E-state index in [0.29, 0.717) is 0 Å². The molecule has 0 aliphatic rings. The molecule has 0 aromatic carbocycles. The summed E-state index contributed by atoms with van der Waals surface area (Å²) in [5, 5.41) is 13.1. The maximum absolute atomic E-state index is 7.13. The maximum Gasteiger partial charge on any atom is 0.336 e. The predicted octanol–water partition coefficient (Wildman–Crippen LogP) is -2.32. The summed E-state index contributed by atoms with van der Waals surface area (Å²) in [4.78, 5) is 0. The number of hydrogen-bond donors (Lipinski definition) is 3. The monoisotopic (exact) mass is 293 g/mol. The summed E-state index contributed by atoms with van der Waals surface area (Å²) in [6, 6.07) is 0. The maximum atomic E-state index is 7.13. The van der Waals surface area contributed by atoms with Crippen LogP contribution >= 0.6 is 12.2 Å². The van der Waals surface area contributed by atoms with Gasteiger partial charge in [0.25, 0.3) is 0 Å². The summed E-state index contributed by atoms with van der Waals surface area (Å²) in [5.41, 5.74) is 9.17. The van der Waals surface area contributed by atoms with E-state index >= 15 is 0 Å². The third-order valence-corrected chi connectivity index (χ3v) is 0. The van der Waals surface area contributed by atoms with E-state index in [9.17, 15) is 0 Å². The van der Waals surface area contributed by atoms with Crippen molar-refractivity contribution < 1.29 is 42.3 Å². The van der Waals surface area contributed by atoms with Crippen molar-refractivity contribution in [2.75, 3.05) is 0 Å². The van der Waals surface area contributed by atoms with Crippen LogP contribution in [0.25, 0.3) is 5.41 Å². The number of thiocarbonyl (C=S) groups is 1. The molecule has 0 fully saturated rings. The van der Waals surface area contributed by atoms with Gasteiger partial charge in [-0.3, -0.25) is 16.9 Å². The second-order valence-electron chi connectivity index (χ2n) is 0.591. The molecule has 0 saturated heterocycles. The van der Waals surface area contributed by atoms with E-state index < -0.39 is 0 Å². The number of nitrogens with zero attached hydrogens (tertiary/aromatic N) is 1. The minimum atomic E-state index is -0.0833. The van der Waals surface area contributed by atoms with Crippen LogP contribution in [-0.4, -0.2) is 11.1 Å². The molecule has 1 radical (unpaired) electrons. The molecule has 0 saturated carbocycles. The summed E-state index contributed by atoms with van der Waals surface area (Å²) >= 11 is 3.70. The molecule has 0 bridgehead atoms. The zero-order valence-corrected chi connectivity index (χ0v) is 6.32. The molecule has 0 aromatic rings. The molecule has 4 nitrogen and oxygen atoms in total. The van der Waals surface area contributed by atoms with Gasteiger partial charge >= 0.3 is 5.96 Å². The van der Waals surface area contributed by atoms with Gasteiger partial charge in [0.15, 0.2) is 0 Å². The van der Waals surface area contributed by atoms with Crippen LogP contribution in [0, 0.1) is 36.9 Å². The molecule has 0 spiro atoms. The number of rotatable bonds is 0. The van der Waals surface area contributed by atoms with Gasteiger partial charge in [-0.1, -0.05) is 12.2 Å². The summed E-state index contributed by atoms with van der Waals surface area (Å²) in [5.74, 6) is -0.0833. The van der Waals surface area contributed by atoms with Crippen LogP contribution in [0.1, 0.15) is 0 Å². The average molecular weight is 293 g/mol. The normalized spacial score (nSPS) is 4.00. The SMILES string of the molecule is NC(N)=[NH2+].[Lu].[N-]=C=S. The average Bonchev–Trinajstić information content (AvgIpc) is 1.33. The third-order valence-electron chi connectivity index (χ3n) is 0. The Morgan fingerprint density at radius 2 is 1.62 bits per heavy atom. The van der Waals surface area contributed by atoms with Gasteiger partial charge in [0.1, 0.15) is 0 Å². The molecule has 55 valence electrons. The predicted molar refractivity (Wildman–Crippen MR) is 31.3 cm³/mol. The van der Waals surface area contributed by atoms with Gasteiger partial charge in [0.05, 0.1) is 0 Å². The van der Waals surface area contributed by atoms with Crippen LogP contribution < -0.4 is 16.9 Å². The Bertz CT molecular complexity index is 82.0. The summed E-state index contributed by atoms with van der Waals surface area (Å²) in [6.45, 7) is 0. The minimum Gasteiger partial charge on any atom is -0.753 e. The van der Waals surface area contributed by atoms with E-state index in [4.69, 9.17) is 5.41 Å². The molecule has 6 N–H and O–H groups in total. The van der Waals surface area contributed by atoms with Crippen LogP contribution in [0.5, 0.6) is 0 Å². The van der Waals surface area contributed by atoms with Gasteiger partial charge in [-0.15, -0.1) is 0 Å². The smallest absolute Gasteiger partial charge is 0.336 e. The van der Waals surface area contributed by atoms with E-state index in [1.165, 1.54) is 5.16 Å². The fourth-order valence-corrected chi connectivity index (χ4v) is 0. The molecule has 8 heavy (non-hydrogen) atoms. The van der Waals surface area contributed by atoms with Crippen LogP contribution in [0.15, 0.2) is 0 Å². The molecule has 0 amide bonds. The van der Waals surface area contributed by atoms with Crippen LogP contribution in [0.3, 0.4) is 0 Å². The Morgan fingerprint density at radius 1 is 1.62 bits per heavy atom. The Balaban J connectivity index is -0.0000000575. The molecular weight excluding hydrogens is 287 g/mol. The van der Waals surface area contributed by atoms with Gasteiger partial charge < -0.3 is 5.41 Å². The van der Waals surface area contributed by atoms with Crippen molar-refractivity contribution in [1.29, 1.82) is 0 Å². The van der Waals surface area contributed by atoms with Crippen molar-refractivity contribution in [3.63, 3.8) is 0 Å². The molecular formula is C2H6LuN4S. The summed E-state index contributed by atoms with van der Waals surface area (Å²) < 4.78 is 0. The number of hydrogen-bond acceptors (Lipinski definition) is 1. The fourth-order valence-electron chi connectivity index (χ4n) is 0. The second kappa shape index (κ2) is 15.7. The third kappa shape index (κ3) is 1920. The van der Waals surface area contributed by atoms with Crippen molar-refractivity contribution in [3.8, 4) is 0 Å². The van der Waals surface area contributed by atoms with Crippen molar-refractivity contribution in [2.45, 2.75) is 0 Å². The molecule has 0 atom stereocenters. The van der Waals surface area contributed by atoms with E-state index in [-0.39, 0.29) is 42.8 Å². The summed E-state index contributed by atoms with van der Waals surface area (Å²) in [6.07, 6.45) is 0. The first-order chi connectivity index (χ1) is 3.15. The van der Waals surface area contributed by atoms with Crippen LogP contribution in [-0.2, 0) is 0 Å².